The van der Waals surface area contributed by atoms with Crippen molar-refractivity contribution in [2.24, 2.45) is 34.5 Å². The summed E-state index contributed by atoms with van der Waals surface area (Å²) >= 11 is 0. The van der Waals surface area contributed by atoms with Gasteiger partial charge in [0, 0.05) is 29.6 Å². The van der Waals surface area contributed by atoms with Gasteiger partial charge in [0.2, 0.25) is 11.8 Å². The van der Waals surface area contributed by atoms with Crippen LogP contribution in [0.4, 0.5) is 5.69 Å². The van der Waals surface area contributed by atoms with E-state index in [4.69, 9.17) is 0 Å². The molecule has 4 heteroatoms. The number of carbonyl (C=O) groups is 2. The number of amides is 2. The summed E-state index contributed by atoms with van der Waals surface area (Å²) in [6.07, 6.45) is 12.5. The molecule has 1 aromatic carbocycles. The van der Waals surface area contributed by atoms with E-state index in [-0.39, 0.29) is 34.6 Å². The molecule has 32 heavy (non-hydrogen) atoms. The molecule has 0 unspecified atom stereocenters. The van der Waals surface area contributed by atoms with E-state index in [2.05, 4.69) is 31.8 Å². The molecule has 0 radical (unpaired) electrons. The highest BCUT2D eigenvalue weighted by molar-refractivity contribution is 5.93. The minimum Gasteiger partial charge on any atom is -0.332 e. The third kappa shape index (κ3) is 3.17. The molecule has 0 spiro atoms. The van der Waals surface area contributed by atoms with E-state index in [0.29, 0.717) is 24.3 Å². The van der Waals surface area contributed by atoms with Crippen LogP contribution in [0.5, 0.6) is 0 Å². The van der Waals surface area contributed by atoms with E-state index in [9.17, 15) is 9.59 Å². The third-order valence-electron chi connectivity index (χ3n) is 9.66. The molecule has 7 atom stereocenters. The summed E-state index contributed by atoms with van der Waals surface area (Å²) in [6, 6.07) is 10.1. The van der Waals surface area contributed by atoms with Crippen LogP contribution in [-0.4, -0.2) is 29.3 Å². The zero-order chi connectivity index (χ0) is 22.5. The number of para-hydroxylation sites is 1. The summed E-state index contributed by atoms with van der Waals surface area (Å²) in [4.78, 5) is 27.9. The lowest BCUT2D eigenvalue weighted by molar-refractivity contribution is -0.142. The Bertz CT molecular complexity index is 940. The zero-order valence-corrected chi connectivity index (χ0v) is 19.4. The molecule has 3 aliphatic carbocycles. The number of anilines is 1. The summed E-state index contributed by atoms with van der Waals surface area (Å²) in [5, 5.41) is 3.19. The summed E-state index contributed by atoms with van der Waals surface area (Å²) in [6.45, 7) is 9.27. The first-order chi connectivity index (χ1) is 15.4. The van der Waals surface area contributed by atoms with Gasteiger partial charge in [-0.05, 0) is 79.9 Å². The zero-order valence-electron chi connectivity index (χ0n) is 19.4. The van der Waals surface area contributed by atoms with E-state index in [1.807, 2.05) is 41.3 Å². The molecule has 170 valence electrons. The molecule has 0 bridgehead atoms. The molecule has 3 fully saturated rings. The Kier molecular flexibility index (Phi) is 5.30. The Balaban J connectivity index is 1.38. The fraction of sp³-hybridized carbons (Fsp3) is 0.571. The molecule has 4 nitrogen and oxygen atoms in total. The van der Waals surface area contributed by atoms with Crippen LogP contribution in [0.3, 0.4) is 0 Å². The molecule has 1 heterocycles. The number of nitrogens with zero attached hydrogens (tertiary/aromatic N) is 1. The van der Waals surface area contributed by atoms with Gasteiger partial charge >= 0.3 is 0 Å². The van der Waals surface area contributed by atoms with Crippen molar-refractivity contribution in [1.29, 1.82) is 0 Å². The van der Waals surface area contributed by atoms with Crippen molar-refractivity contribution in [3.63, 3.8) is 0 Å². The van der Waals surface area contributed by atoms with Gasteiger partial charge in [-0.1, -0.05) is 44.2 Å². The van der Waals surface area contributed by atoms with Crippen LogP contribution in [0, 0.1) is 34.5 Å². The van der Waals surface area contributed by atoms with Crippen molar-refractivity contribution in [2.45, 2.75) is 58.4 Å². The van der Waals surface area contributed by atoms with Crippen molar-refractivity contribution in [3.05, 3.63) is 55.1 Å². The van der Waals surface area contributed by atoms with Crippen LogP contribution in [0.2, 0.25) is 0 Å². The van der Waals surface area contributed by atoms with Gasteiger partial charge in [0.1, 0.15) is 0 Å². The molecule has 0 saturated heterocycles. The lowest BCUT2D eigenvalue weighted by atomic mass is 9.47. The fourth-order valence-corrected chi connectivity index (χ4v) is 8.14. The second-order valence-electron chi connectivity index (χ2n) is 11.0. The smallest absolute Gasteiger partial charge is 0.246 e. The van der Waals surface area contributed by atoms with Gasteiger partial charge in [-0.15, -0.1) is 6.58 Å². The Hall–Kier alpha value is -2.36. The Morgan fingerprint density at radius 1 is 1.12 bits per heavy atom. The molecule has 0 aromatic heterocycles. The van der Waals surface area contributed by atoms with Gasteiger partial charge in [-0.25, -0.2) is 0 Å². The Labute approximate surface area is 192 Å². The van der Waals surface area contributed by atoms with Crippen molar-refractivity contribution in [1.82, 2.24) is 4.90 Å². The van der Waals surface area contributed by atoms with Gasteiger partial charge in [0.05, 0.1) is 0 Å². The lowest BCUT2D eigenvalue weighted by Crippen LogP contribution is -2.60. The van der Waals surface area contributed by atoms with Gasteiger partial charge < -0.3 is 10.2 Å². The maximum Gasteiger partial charge on any atom is 0.246 e. The highest BCUT2D eigenvalue weighted by atomic mass is 16.2. The number of hydrogen-bond acceptors (Lipinski definition) is 2. The highest BCUT2D eigenvalue weighted by Gasteiger charge is 2.61. The Morgan fingerprint density at radius 2 is 1.91 bits per heavy atom. The van der Waals surface area contributed by atoms with Crippen molar-refractivity contribution < 1.29 is 9.59 Å². The van der Waals surface area contributed by atoms with E-state index in [1.165, 1.54) is 0 Å². The quantitative estimate of drug-likeness (QED) is 0.644. The van der Waals surface area contributed by atoms with Gasteiger partial charge in [0.25, 0.3) is 0 Å². The standard InChI is InChI=1S/C28H36N2O2/c1-4-18-30-24-13-10-20-21-11-12-23(26(32)29-19-8-6-5-7-9-19)27(21,2)16-14-22(20)28(24,3)17-15-25(30)31/h4-9,15,17,20-24H,1,10-14,16,18H2,2-3H3,(H,29,32)/t20-,21-,22-,23+,24+,27-,28+/m0/s1. The predicted molar refractivity (Wildman–Crippen MR) is 128 cm³/mol. The van der Waals surface area contributed by atoms with Crippen LogP contribution in [0.15, 0.2) is 55.1 Å². The van der Waals surface area contributed by atoms with Crippen molar-refractivity contribution in [2.75, 3.05) is 11.9 Å². The molecule has 1 aromatic rings. The largest absolute Gasteiger partial charge is 0.332 e. The first-order valence-corrected chi connectivity index (χ1v) is 12.3. The number of benzene rings is 1. The highest BCUT2D eigenvalue weighted by Crippen LogP contribution is 2.65. The lowest BCUT2D eigenvalue weighted by Gasteiger charge is -2.60. The summed E-state index contributed by atoms with van der Waals surface area (Å²) in [5.74, 6) is 2.20. The molecular formula is C28H36N2O2. The number of fused-ring (bicyclic) bond motifs is 5. The molecule has 1 aliphatic heterocycles. The third-order valence-corrected chi connectivity index (χ3v) is 9.66. The molecule has 2 amide bonds. The van der Waals surface area contributed by atoms with Crippen LogP contribution >= 0.6 is 0 Å². The second-order valence-corrected chi connectivity index (χ2v) is 11.0. The van der Waals surface area contributed by atoms with Crippen LogP contribution in [0.25, 0.3) is 0 Å². The molecule has 5 rings (SSSR count). The van der Waals surface area contributed by atoms with Gasteiger partial charge in [0.15, 0.2) is 0 Å². The number of carbonyl (C=O) groups excluding carboxylic acids is 2. The van der Waals surface area contributed by atoms with Crippen LogP contribution in [-0.2, 0) is 9.59 Å². The fourth-order valence-electron chi connectivity index (χ4n) is 8.14. The first kappa shape index (κ1) is 21.5. The van der Waals surface area contributed by atoms with Crippen LogP contribution < -0.4 is 5.32 Å². The SMILES string of the molecule is C=CCN1C(=O)C=C[C@]2(C)[C@H]3CC[C@]4(C)[C@@H](C(=O)Nc5ccccc5)CC[C@H]4[C@@H]3CC[C@@H]12. The van der Waals surface area contributed by atoms with E-state index >= 15 is 0 Å². The molecule has 1 N–H and O–H groups in total. The van der Waals surface area contributed by atoms with E-state index in [0.717, 1.165) is 44.2 Å². The minimum absolute atomic E-state index is 0.0194. The number of hydrogen-bond donors (Lipinski definition) is 1. The summed E-state index contributed by atoms with van der Waals surface area (Å²) in [5.41, 5.74) is 0.981. The average molecular weight is 433 g/mol. The first-order valence-electron chi connectivity index (χ1n) is 12.3. The minimum atomic E-state index is 0.0194. The maximum atomic E-state index is 13.3. The maximum absolute atomic E-state index is 13.3. The van der Waals surface area contributed by atoms with E-state index < -0.39 is 0 Å². The van der Waals surface area contributed by atoms with Crippen molar-refractivity contribution >= 4 is 17.5 Å². The summed E-state index contributed by atoms with van der Waals surface area (Å²) in [7, 11) is 0. The summed E-state index contributed by atoms with van der Waals surface area (Å²) < 4.78 is 0. The van der Waals surface area contributed by atoms with Crippen LogP contribution in [0.1, 0.15) is 52.4 Å². The van der Waals surface area contributed by atoms with Gasteiger partial charge in [-0.3, -0.25) is 9.59 Å². The number of nitrogens with one attached hydrogen (secondary N) is 1. The topological polar surface area (TPSA) is 49.4 Å². The second kappa shape index (κ2) is 7.90. The van der Waals surface area contributed by atoms with Gasteiger partial charge in [-0.2, -0.15) is 0 Å². The molecule has 4 aliphatic rings. The number of rotatable bonds is 4. The Morgan fingerprint density at radius 3 is 2.66 bits per heavy atom. The average Bonchev–Trinajstić information content (AvgIpc) is 3.14. The normalized spacial score (nSPS) is 40.2. The van der Waals surface area contributed by atoms with E-state index in [1.54, 1.807) is 6.08 Å². The van der Waals surface area contributed by atoms with Crippen molar-refractivity contribution in [3.8, 4) is 0 Å². The predicted octanol–water partition coefficient (Wildman–Crippen LogP) is 5.44. The molecular weight excluding hydrogens is 396 g/mol. The molecule has 3 saturated carbocycles. The monoisotopic (exact) mass is 432 g/mol.